The number of halogens is 4. The standard InChI is InChI=1S/C13H9Br2F2N/c14-9-2-4-11(16)13(6-9)18-7-8-1-3-10(15)12(17)5-8/h1-6,18H,7H2. The quantitative estimate of drug-likeness (QED) is 0.785. The van der Waals surface area contributed by atoms with Crippen LogP contribution in [-0.2, 0) is 6.54 Å². The van der Waals surface area contributed by atoms with Crippen molar-refractivity contribution in [2.45, 2.75) is 6.54 Å². The van der Waals surface area contributed by atoms with Crippen molar-refractivity contribution in [2.75, 3.05) is 5.32 Å². The lowest BCUT2D eigenvalue weighted by molar-refractivity contribution is 0.618. The molecule has 0 spiro atoms. The van der Waals surface area contributed by atoms with Crippen molar-refractivity contribution in [3.05, 3.63) is 62.5 Å². The van der Waals surface area contributed by atoms with Gasteiger partial charge in [-0.05, 0) is 51.8 Å². The third-order valence-electron chi connectivity index (χ3n) is 2.40. The highest BCUT2D eigenvalue weighted by Crippen LogP contribution is 2.21. The fourth-order valence-electron chi connectivity index (χ4n) is 1.48. The summed E-state index contributed by atoms with van der Waals surface area (Å²) in [6.07, 6.45) is 0. The molecule has 0 radical (unpaired) electrons. The van der Waals surface area contributed by atoms with Crippen LogP contribution in [0.15, 0.2) is 45.3 Å². The van der Waals surface area contributed by atoms with Gasteiger partial charge in [0.15, 0.2) is 0 Å². The molecule has 0 amide bonds. The van der Waals surface area contributed by atoms with Gasteiger partial charge >= 0.3 is 0 Å². The van der Waals surface area contributed by atoms with Crippen molar-refractivity contribution in [1.82, 2.24) is 0 Å². The Morgan fingerprint density at radius 1 is 0.944 bits per heavy atom. The van der Waals surface area contributed by atoms with Gasteiger partial charge < -0.3 is 5.32 Å². The van der Waals surface area contributed by atoms with Gasteiger partial charge in [0.05, 0.1) is 10.2 Å². The Labute approximate surface area is 120 Å². The van der Waals surface area contributed by atoms with E-state index < -0.39 is 0 Å². The zero-order chi connectivity index (χ0) is 13.1. The second-order valence-corrected chi connectivity index (χ2v) is 5.50. The molecule has 2 aromatic rings. The highest BCUT2D eigenvalue weighted by Gasteiger charge is 2.04. The molecule has 0 aliphatic carbocycles. The van der Waals surface area contributed by atoms with Crippen LogP contribution in [0.2, 0.25) is 0 Å². The molecule has 2 rings (SSSR count). The maximum Gasteiger partial charge on any atom is 0.146 e. The largest absolute Gasteiger partial charge is 0.379 e. The summed E-state index contributed by atoms with van der Waals surface area (Å²) in [4.78, 5) is 0. The van der Waals surface area contributed by atoms with Crippen LogP contribution >= 0.6 is 31.9 Å². The average Bonchev–Trinajstić information content (AvgIpc) is 2.34. The third kappa shape index (κ3) is 3.29. The normalized spacial score (nSPS) is 10.4. The predicted molar refractivity (Wildman–Crippen MR) is 75.5 cm³/mol. The smallest absolute Gasteiger partial charge is 0.146 e. The van der Waals surface area contributed by atoms with E-state index in [9.17, 15) is 8.78 Å². The number of hydrogen-bond donors (Lipinski definition) is 1. The van der Waals surface area contributed by atoms with E-state index in [2.05, 4.69) is 37.2 Å². The number of rotatable bonds is 3. The molecule has 0 bridgehead atoms. The minimum atomic E-state index is -0.337. The van der Waals surface area contributed by atoms with Crippen LogP contribution < -0.4 is 5.32 Å². The molecule has 0 heterocycles. The topological polar surface area (TPSA) is 12.0 Å². The van der Waals surface area contributed by atoms with E-state index in [0.717, 1.165) is 10.0 Å². The van der Waals surface area contributed by atoms with Crippen molar-refractivity contribution in [3.8, 4) is 0 Å². The van der Waals surface area contributed by atoms with Crippen LogP contribution in [0.5, 0.6) is 0 Å². The van der Waals surface area contributed by atoms with Gasteiger partial charge in [-0.15, -0.1) is 0 Å². The van der Waals surface area contributed by atoms with E-state index >= 15 is 0 Å². The molecule has 0 aromatic heterocycles. The first-order chi connectivity index (χ1) is 8.56. The van der Waals surface area contributed by atoms with Gasteiger partial charge in [0.1, 0.15) is 11.6 Å². The third-order valence-corrected chi connectivity index (χ3v) is 3.53. The molecule has 2 aromatic carbocycles. The van der Waals surface area contributed by atoms with Crippen molar-refractivity contribution < 1.29 is 8.78 Å². The second kappa shape index (κ2) is 5.80. The van der Waals surface area contributed by atoms with Gasteiger partial charge in [-0.2, -0.15) is 0 Å². The van der Waals surface area contributed by atoms with Gasteiger partial charge in [0, 0.05) is 11.0 Å². The number of anilines is 1. The van der Waals surface area contributed by atoms with E-state index in [1.165, 1.54) is 12.1 Å². The summed E-state index contributed by atoms with van der Waals surface area (Å²) in [6.45, 7) is 0.359. The fraction of sp³-hybridized carbons (Fsp3) is 0.0769. The molecule has 94 valence electrons. The van der Waals surface area contributed by atoms with Gasteiger partial charge in [-0.3, -0.25) is 0 Å². The van der Waals surface area contributed by atoms with Gasteiger partial charge in [-0.1, -0.05) is 22.0 Å². The highest BCUT2D eigenvalue weighted by molar-refractivity contribution is 9.10. The van der Waals surface area contributed by atoms with Crippen LogP contribution in [0.25, 0.3) is 0 Å². The van der Waals surface area contributed by atoms with E-state index in [0.29, 0.717) is 16.7 Å². The van der Waals surface area contributed by atoms with E-state index in [-0.39, 0.29) is 11.6 Å². The lowest BCUT2D eigenvalue weighted by Crippen LogP contribution is -2.01. The molecule has 0 saturated heterocycles. The molecule has 1 nitrogen and oxygen atoms in total. The first-order valence-corrected chi connectivity index (χ1v) is 6.78. The predicted octanol–water partition coefficient (Wildman–Crippen LogP) is 5.10. The fourth-order valence-corrected chi connectivity index (χ4v) is 2.09. The first-order valence-electron chi connectivity index (χ1n) is 5.19. The lowest BCUT2D eigenvalue weighted by Gasteiger charge is -2.08. The maximum absolute atomic E-state index is 13.5. The van der Waals surface area contributed by atoms with E-state index in [4.69, 9.17) is 0 Å². The van der Waals surface area contributed by atoms with E-state index in [1.807, 2.05) is 0 Å². The monoisotopic (exact) mass is 375 g/mol. The molecule has 0 saturated carbocycles. The number of hydrogen-bond acceptors (Lipinski definition) is 1. The summed E-state index contributed by atoms with van der Waals surface area (Å²) < 4.78 is 27.9. The molecular weight excluding hydrogens is 368 g/mol. The van der Waals surface area contributed by atoms with Crippen LogP contribution in [0.1, 0.15) is 5.56 Å². The minimum absolute atomic E-state index is 0.330. The van der Waals surface area contributed by atoms with Crippen molar-refractivity contribution in [3.63, 3.8) is 0 Å². The average molecular weight is 377 g/mol. The molecular formula is C13H9Br2F2N. The van der Waals surface area contributed by atoms with Crippen molar-refractivity contribution in [2.24, 2.45) is 0 Å². The molecule has 1 N–H and O–H groups in total. The van der Waals surface area contributed by atoms with Gasteiger partial charge in [-0.25, -0.2) is 8.78 Å². The Balaban J connectivity index is 2.11. The zero-order valence-corrected chi connectivity index (χ0v) is 12.4. The van der Waals surface area contributed by atoms with Gasteiger partial charge in [0.25, 0.3) is 0 Å². The van der Waals surface area contributed by atoms with Gasteiger partial charge in [0.2, 0.25) is 0 Å². The summed E-state index contributed by atoms with van der Waals surface area (Å²) in [5.74, 6) is -0.667. The Hall–Kier alpha value is -0.940. The van der Waals surface area contributed by atoms with Crippen LogP contribution in [0, 0.1) is 11.6 Å². The van der Waals surface area contributed by atoms with E-state index in [1.54, 1.807) is 24.3 Å². The van der Waals surface area contributed by atoms with Crippen LogP contribution in [-0.4, -0.2) is 0 Å². The SMILES string of the molecule is Fc1cc(CNc2cc(Br)ccc2F)ccc1Br. The summed E-state index contributed by atoms with van der Waals surface area (Å²) in [7, 11) is 0. The highest BCUT2D eigenvalue weighted by atomic mass is 79.9. The molecule has 0 atom stereocenters. The summed E-state index contributed by atoms with van der Waals surface area (Å²) in [5.41, 5.74) is 1.13. The van der Waals surface area contributed by atoms with Crippen LogP contribution in [0.3, 0.4) is 0 Å². The molecule has 18 heavy (non-hydrogen) atoms. The zero-order valence-electron chi connectivity index (χ0n) is 9.18. The van der Waals surface area contributed by atoms with Crippen molar-refractivity contribution in [1.29, 1.82) is 0 Å². The molecule has 0 unspecified atom stereocenters. The molecule has 5 heteroatoms. The minimum Gasteiger partial charge on any atom is -0.379 e. The Kier molecular flexibility index (Phi) is 4.35. The lowest BCUT2D eigenvalue weighted by atomic mass is 10.2. The Bertz CT molecular complexity index is 573. The molecule has 0 aliphatic heterocycles. The Morgan fingerprint density at radius 3 is 2.44 bits per heavy atom. The summed E-state index contributed by atoms with van der Waals surface area (Å²) in [6, 6.07) is 9.45. The maximum atomic E-state index is 13.5. The second-order valence-electron chi connectivity index (χ2n) is 3.73. The summed E-state index contributed by atoms with van der Waals surface area (Å²) in [5, 5.41) is 2.93. The first kappa shape index (κ1) is 13.5. The number of benzene rings is 2. The molecule has 0 aliphatic rings. The molecule has 0 fully saturated rings. The van der Waals surface area contributed by atoms with Crippen molar-refractivity contribution >= 4 is 37.5 Å². The van der Waals surface area contributed by atoms with Crippen LogP contribution in [0.4, 0.5) is 14.5 Å². The Morgan fingerprint density at radius 2 is 1.72 bits per heavy atom. The summed E-state index contributed by atoms with van der Waals surface area (Å²) >= 11 is 6.36. The number of nitrogens with one attached hydrogen (secondary N) is 1.